The Labute approximate surface area is 91.9 Å². The molecule has 0 spiro atoms. The van der Waals surface area contributed by atoms with E-state index in [0.717, 1.165) is 30.4 Å². The molecule has 92 valence electrons. The Morgan fingerprint density at radius 3 is 1.93 bits per heavy atom. The average molecular weight is 240 g/mol. The van der Waals surface area contributed by atoms with Gasteiger partial charge in [-0.15, -0.1) is 0 Å². The zero-order valence-electron chi connectivity index (χ0n) is 9.85. The van der Waals surface area contributed by atoms with Gasteiger partial charge < -0.3 is 14.3 Å². The Bertz CT molecular complexity index is 210. The predicted molar refractivity (Wildman–Crippen MR) is 59.4 cm³/mol. The van der Waals surface area contributed by atoms with Crippen molar-refractivity contribution in [2.24, 2.45) is 0 Å². The second-order valence-electron chi connectivity index (χ2n) is 4.11. The van der Waals surface area contributed by atoms with Gasteiger partial charge >= 0.3 is 7.82 Å². The van der Waals surface area contributed by atoms with Crippen molar-refractivity contribution in [3.05, 3.63) is 0 Å². The summed E-state index contributed by atoms with van der Waals surface area (Å²) >= 11 is 0. The van der Waals surface area contributed by atoms with E-state index in [1.165, 1.54) is 0 Å². The fourth-order valence-electron chi connectivity index (χ4n) is 1.80. The van der Waals surface area contributed by atoms with E-state index in [0.29, 0.717) is 6.54 Å². The largest absolute Gasteiger partial charge is 0.469 e. The van der Waals surface area contributed by atoms with Gasteiger partial charge in [0.1, 0.15) is 13.2 Å². The van der Waals surface area contributed by atoms with Crippen LogP contribution >= 0.6 is 7.82 Å². The zero-order chi connectivity index (χ0) is 11.9. The molecule has 0 atom stereocenters. The molecule has 6 heteroatoms. The molecule has 0 heterocycles. The Morgan fingerprint density at radius 2 is 1.60 bits per heavy atom. The van der Waals surface area contributed by atoms with Crippen LogP contribution < -0.4 is 0 Å². The maximum atomic E-state index is 10.5. The molecule has 0 unspecified atom stereocenters. The van der Waals surface area contributed by atoms with Crippen LogP contribution in [0.3, 0.4) is 0 Å². The van der Waals surface area contributed by atoms with Crippen LogP contribution in [0.5, 0.6) is 0 Å². The lowest BCUT2D eigenvalue weighted by Gasteiger charge is -2.34. The molecule has 0 aliphatic heterocycles. The first-order chi connectivity index (χ1) is 6.83. The molecule has 0 saturated carbocycles. The molecule has 0 radical (unpaired) electrons. The zero-order valence-corrected chi connectivity index (χ0v) is 10.7. The van der Waals surface area contributed by atoms with Crippen LogP contribution in [0.15, 0.2) is 0 Å². The van der Waals surface area contributed by atoms with E-state index >= 15 is 0 Å². The number of nitrogens with zero attached hydrogens (tertiary/aromatic N) is 1. The molecule has 0 aliphatic rings. The van der Waals surface area contributed by atoms with Gasteiger partial charge in [-0.25, -0.2) is 4.57 Å². The first-order valence-electron chi connectivity index (χ1n) is 5.36. The molecule has 0 bridgehead atoms. The normalized spacial score (nSPS) is 13.1. The van der Waals surface area contributed by atoms with Crippen molar-refractivity contribution < 1.29 is 23.4 Å². The van der Waals surface area contributed by atoms with Gasteiger partial charge in [-0.05, 0) is 12.8 Å². The van der Waals surface area contributed by atoms with Crippen LogP contribution in [0.1, 0.15) is 26.7 Å². The monoisotopic (exact) mass is 240 g/mol. The maximum absolute atomic E-state index is 10.5. The van der Waals surface area contributed by atoms with Gasteiger partial charge in [0.05, 0.1) is 20.1 Å². The van der Waals surface area contributed by atoms with E-state index in [-0.39, 0.29) is 6.61 Å². The van der Waals surface area contributed by atoms with E-state index in [2.05, 4.69) is 25.4 Å². The van der Waals surface area contributed by atoms with Crippen molar-refractivity contribution >= 4 is 7.82 Å². The quantitative estimate of drug-likeness (QED) is 0.496. The van der Waals surface area contributed by atoms with Gasteiger partial charge in [0.15, 0.2) is 0 Å². The Hall–Kier alpha value is 0.0700. The minimum Gasteiger partial charge on any atom is -0.324 e. The average Bonchev–Trinajstić information content (AvgIpc) is 2.01. The van der Waals surface area contributed by atoms with Crippen LogP contribution in [0.2, 0.25) is 0 Å². The van der Waals surface area contributed by atoms with Crippen molar-refractivity contribution in [3.8, 4) is 0 Å². The van der Waals surface area contributed by atoms with Crippen molar-refractivity contribution in [2.45, 2.75) is 26.7 Å². The summed E-state index contributed by atoms with van der Waals surface area (Å²) in [5.41, 5.74) is 0. The van der Waals surface area contributed by atoms with Crippen LogP contribution in [0.4, 0.5) is 0 Å². The highest BCUT2D eigenvalue weighted by Gasteiger charge is 2.21. The number of phosphoric acid groups is 1. The highest BCUT2D eigenvalue weighted by atomic mass is 31.2. The van der Waals surface area contributed by atoms with Gasteiger partial charge in [0, 0.05) is 0 Å². The number of hydrogen-bond donors (Lipinski definition) is 2. The number of phosphoric ester groups is 1. The molecule has 0 rings (SSSR count). The van der Waals surface area contributed by atoms with Gasteiger partial charge in [0.2, 0.25) is 0 Å². The van der Waals surface area contributed by atoms with Crippen LogP contribution in [-0.2, 0) is 9.09 Å². The Balaban J connectivity index is 4.01. The lowest BCUT2D eigenvalue weighted by Crippen LogP contribution is -2.47. The molecule has 0 amide bonds. The minimum atomic E-state index is -4.30. The number of likely N-dealkylation sites (N-methyl/N-ethyl adjacent to an activating group) is 1. The van der Waals surface area contributed by atoms with Gasteiger partial charge in [0.25, 0.3) is 0 Å². The molecular weight excluding hydrogens is 217 g/mol. The number of hydrogen-bond acceptors (Lipinski definition) is 2. The molecule has 0 aromatic rings. The SMILES string of the molecule is CCC[N+](C)(CCC)CCOP(=O)(O)O. The predicted octanol–water partition coefficient (Wildman–Crippen LogP) is 1.36. The Kier molecular flexibility index (Phi) is 6.64. The van der Waals surface area contributed by atoms with Gasteiger partial charge in [-0.1, -0.05) is 13.8 Å². The molecule has 2 N–H and O–H groups in total. The van der Waals surface area contributed by atoms with Crippen molar-refractivity contribution in [3.63, 3.8) is 0 Å². The second-order valence-corrected chi connectivity index (χ2v) is 5.35. The topological polar surface area (TPSA) is 66.8 Å². The summed E-state index contributed by atoms with van der Waals surface area (Å²) in [6.07, 6.45) is 2.12. The highest BCUT2D eigenvalue weighted by molar-refractivity contribution is 7.46. The summed E-state index contributed by atoms with van der Waals surface area (Å²) in [6, 6.07) is 0. The van der Waals surface area contributed by atoms with Crippen molar-refractivity contribution in [1.82, 2.24) is 0 Å². The molecule has 0 aromatic carbocycles. The van der Waals surface area contributed by atoms with E-state index < -0.39 is 7.82 Å². The lowest BCUT2D eigenvalue weighted by atomic mass is 10.3. The standard InChI is InChI=1S/C9H22NO4P/c1-4-6-10(3,7-5-2)8-9-14-15(11,12)13/h4-9H2,1-3H3,(H-,11,12,13)/p+1. The number of quaternary nitrogens is 1. The molecule has 15 heavy (non-hydrogen) atoms. The summed E-state index contributed by atoms with van der Waals surface area (Å²) < 4.78 is 15.8. The Morgan fingerprint density at radius 1 is 1.13 bits per heavy atom. The number of rotatable bonds is 8. The third-order valence-electron chi connectivity index (χ3n) is 2.42. The molecule has 0 fully saturated rings. The summed E-state index contributed by atoms with van der Waals surface area (Å²) in [6.45, 7) is 7.00. The van der Waals surface area contributed by atoms with E-state index in [4.69, 9.17) is 9.79 Å². The van der Waals surface area contributed by atoms with E-state index in [9.17, 15) is 4.57 Å². The highest BCUT2D eigenvalue weighted by Crippen LogP contribution is 2.35. The third kappa shape index (κ3) is 7.94. The van der Waals surface area contributed by atoms with Gasteiger partial charge in [-0.2, -0.15) is 0 Å². The summed E-state index contributed by atoms with van der Waals surface area (Å²) in [5.74, 6) is 0. The first kappa shape index (κ1) is 15.1. The fourth-order valence-corrected chi connectivity index (χ4v) is 2.11. The molecular formula is C9H23NO4P+. The van der Waals surface area contributed by atoms with Gasteiger partial charge in [-0.3, -0.25) is 4.52 Å². The minimum absolute atomic E-state index is 0.112. The van der Waals surface area contributed by atoms with Crippen LogP contribution in [-0.4, -0.2) is 47.6 Å². The molecule has 0 aliphatic carbocycles. The third-order valence-corrected chi connectivity index (χ3v) is 2.94. The fraction of sp³-hybridized carbons (Fsp3) is 1.00. The summed E-state index contributed by atoms with van der Waals surface area (Å²) in [7, 11) is -2.21. The van der Waals surface area contributed by atoms with Crippen molar-refractivity contribution in [2.75, 3.05) is 33.3 Å². The van der Waals surface area contributed by atoms with Crippen molar-refractivity contribution in [1.29, 1.82) is 0 Å². The molecule has 5 nitrogen and oxygen atoms in total. The van der Waals surface area contributed by atoms with Crippen LogP contribution in [0.25, 0.3) is 0 Å². The summed E-state index contributed by atoms with van der Waals surface area (Å²) in [4.78, 5) is 17.1. The maximum Gasteiger partial charge on any atom is 0.469 e. The summed E-state index contributed by atoms with van der Waals surface area (Å²) in [5, 5.41) is 0. The molecule has 0 aromatic heterocycles. The first-order valence-corrected chi connectivity index (χ1v) is 6.89. The van der Waals surface area contributed by atoms with E-state index in [1.807, 2.05) is 0 Å². The smallest absolute Gasteiger partial charge is 0.324 e. The van der Waals surface area contributed by atoms with E-state index in [1.54, 1.807) is 0 Å². The molecule has 0 saturated heterocycles. The second kappa shape index (κ2) is 6.61. The van der Waals surface area contributed by atoms with Crippen LogP contribution in [0, 0.1) is 0 Å². The lowest BCUT2D eigenvalue weighted by molar-refractivity contribution is -0.909.